The number of aliphatic hydroxyl groups excluding tert-OH is 1. The fourth-order valence-electron chi connectivity index (χ4n) is 2.28. The minimum atomic E-state index is -0.199. The number of carbonyl (C=O) groups excluding carboxylic acids is 1. The summed E-state index contributed by atoms with van der Waals surface area (Å²) < 4.78 is 4.62. The molecule has 1 N–H and O–H groups in total. The van der Waals surface area contributed by atoms with Crippen LogP contribution in [-0.2, 0) is 9.53 Å². The summed E-state index contributed by atoms with van der Waals surface area (Å²) in [5.74, 6) is 0.435. The van der Waals surface area contributed by atoms with Gasteiger partial charge in [0.1, 0.15) is 0 Å². The molecule has 1 fully saturated rings. The first-order valence-corrected chi connectivity index (χ1v) is 5.45. The summed E-state index contributed by atoms with van der Waals surface area (Å²) in [4.78, 5) is 11.1. The van der Waals surface area contributed by atoms with Gasteiger partial charge in [-0.3, -0.25) is 4.79 Å². The first-order valence-electron chi connectivity index (χ1n) is 5.45. The van der Waals surface area contributed by atoms with E-state index in [1.807, 2.05) is 0 Å². The molecule has 14 heavy (non-hydrogen) atoms. The lowest BCUT2D eigenvalue weighted by molar-refractivity contribution is -0.142. The van der Waals surface area contributed by atoms with Crippen LogP contribution in [0.5, 0.6) is 0 Å². The highest BCUT2D eigenvalue weighted by molar-refractivity contribution is 5.69. The van der Waals surface area contributed by atoms with E-state index < -0.39 is 0 Å². The van der Waals surface area contributed by atoms with Crippen molar-refractivity contribution in [3.63, 3.8) is 0 Å². The van der Waals surface area contributed by atoms with Crippen LogP contribution in [0.15, 0.2) is 0 Å². The molecule has 3 nitrogen and oxygen atoms in total. The van der Waals surface area contributed by atoms with Crippen LogP contribution in [0.1, 0.15) is 38.5 Å². The molecular formula is C11H20O3. The van der Waals surface area contributed by atoms with Gasteiger partial charge in [0.15, 0.2) is 0 Å². The molecule has 1 aliphatic carbocycles. The zero-order chi connectivity index (χ0) is 10.4. The predicted octanol–water partition coefficient (Wildman–Crippen LogP) is 1.74. The van der Waals surface area contributed by atoms with Crippen molar-refractivity contribution in [3.8, 4) is 0 Å². The molecule has 3 heteroatoms. The molecule has 0 aromatic heterocycles. The van der Waals surface area contributed by atoms with Crippen molar-refractivity contribution in [2.24, 2.45) is 11.8 Å². The van der Waals surface area contributed by atoms with Crippen molar-refractivity contribution in [3.05, 3.63) is 0 Å². The molecule has 1 rings (SSSR count). The van der Waals surface area contributed by atoms with Crippen LogP contribution >= 0.6 is 0 Å². The number of esters is 1. The van der Waals surface area contributed by atoms with E-state index in [4.69, 9.17) is 0 Å². The Morgan fingerprint density at radius 3 is 2.57 bits per heavy atom. The van der Waals surface area contributed by atoms with Crippen molar-refractivity contribution >= 4 is 5.97 Å². The Kier molecular flexibility index (Phi) is 4.94. The van der Waals surface area contributed by atoms with Crippen LogP contribution in [0.2, 0.25) is 0 Å². The summed E-state index contributed by atoms with van der Waals surface area (Å²) in [5, 5.41) is 9.21. The molecule has 0 aromatic carbocycles. The Morgan fingerprint density at radius 2 is 2.07 bits per heavy atom. The summed E-state index contributed by atoms with van der Waals surface area (Å²) in [6.45, 7) is 0.111. The molecular weight excluding hydrogens is 180 g/mol. The van der Waals surface area contributed by atoms with Crippen LogP contribution in [-0.4, -0.2) is 24.8 Å². The lowest BCUT2D eigenvalue weighted by Gasteiger charge is -2.28. The van der Waals surface area contributed by atoms with Crippen LogP contribution in [0.3, 0.4) is 0 Å². The second-order valence-corrected chi connectivity index (χ2v) is 4.12. The highest BCUT2D eigenvalue weighted by Gasteiger charge is 2.25. The first-order chi connectivity index (χ1) is 6.77. The highest BCUT2D eigenvalue weighted by Crippen LogP contribution is 2.31. The average molecular weight is 200 g/mol. The highest BCUT2D eigenvalue weighted by atomic mass is 16.5. The van der Waals surface area contributed by atoms with Crippen molar-refractivity contribution in [2.75, 3.05) is 13.7 Å². The predicted molar refractivity (Wildman–Crippen MR) is 53.8 cm³/mol. The summed E-state index contributed by atoms with van der Waals surface area (Å²) in [7, 11) is 1.40. The monoisotopic (exact) mass is 200 g/mol. The van der Waals surface area contributed by atoms with E-state index in [0.29, 0.717) is 12.3 Å². The Bertz CT molecular complexity index is 173. The van der Waals surface area contributed by atoms with Gasteiger partial charge in [-0.25, -0.2) is 0 Å². The van der Waals surface area contributed by atoms with Crippen LogP contribution < -0.4 is 0 Å². The minimum Gasteiger partial charge on any atom is -0.469 e. The quantitative estimate of drug-likeness (QED) is 0.703. The lowest BCUT2D eigenvalue weighted by Crippen LogP contribution is -2.24. The van der Waals surface area contributed by atoms with E-state index in [1.165, 1.54) is 26.4 Å². The molecule has 0 amide bonds. The summed E-state index contributed by atoms with van der Waals surface area (Å²) in [6.07, 6.45) is 6.46. The third kappa shape index (κ3) is 3.29. The maximum absolute atomic E-state index is 11.1. The largest absolute Gasteiger partial charge is 0.469 e. The molecule has 1 saturated carbocycles. The maximum atomic E-state index is 11.1. The van der Waals surface area contributed by atoms with Crippen molar-refractivity contribution in [1.29, 1.82) is 0 Å². The zero-order valence-electron chi connectivity index (χ0n) is 8.87. The number of hydrogen-bond donors (Lipinski definition) is 1. The SMILES string of the molecule is COC(=O)CC(CO)C1CCCCC1. The van der Waals surface area contributed by atoms with E-state index in [-0.39, 0.29) is 18.5 Å². The van der Waals surface area contributed by atoms with Crippen molar-refractivity contribution in [2.45, 2.75) is 38.5 Å². The molecule has 0 heterocycles. The number of aliphatic hydroxyl groups is 1. The van der Waals surface area contributed by atoms with E-state index >= 15 is 0 Å². The number of carbonyl (C=O) groups is 1. The smallest absolute Gasteiger partial charge is 0.305 e. The summed E-state index contributed by atoms with van der Waals surface area (Å²) in [6, 6.07) is 0. The topological polar surface area (TPSA) is 46.5 Å². The molecule has 82 valence electrons. The van der Waals surface area contributed by atoms with Gasteiger partial charge in [-0.05, 0) is 11.8 Å². The molecule has 0 radical (unpaired) electrons. The molecule has 0 aliphatic heterocycles. The maximum Gasteiger partial charge on any atom is 0.305 e. The fraction of sp³-hybridized carbons (Fsp3) is 0.909. The number of rotatable bonds is 4. The fourth-order valence-corrected chi connectivity index (χ4v) is 2.28. The third-order valence-electron chi connectivity index (χ3n) is 3.21. The number of methoxy groups -OCH3 is 1. The van der Waals surface area contributed by atoms with Gasteiger partial charge in [0.05, 0.1) is 13.5 Å². The molecule has 1 atom stereocenters. The third-order valence-corrected chi connectivity index (χ3v) is 3.21. The van der Waals surface area contributed by atoms with Gasteiger partial charge in [0.25, 0.3) is 0 Å². The van der Waals surface area contributed by atoms with Crippen LogP contribution in [0.4, 0.5) is 0 Å². The summed E-state index contributed by atoms with van der Waals surface area (Å²) >= 11 is 0. The summed E-state index contributed by atoms with van der Waals surface area (Å²) in [5.41, 5.74) is 0. The van der Waals surface area contributed by atoms with Gasteiger partial charge in [0.2, 0.25) is 0 Å². The Labute approximate surface area is 85.5 Å². The van der Waals surface area contributed by atoms with Gasteiger partial charge in [-0.1, -0.05) is 32.1 Å². The normalized spacial score (nSPS) is 20.4. The van der Waals surface area contributed by atoms with Crippen LogP contribution in [0.25, 0.3) is 0 Å². The minimum absolute atomic E-state index is 0.111. The Hall–Kier alpha value is -0.570. The van der Waals surface area contributed by atoms with Gasteiger partial charge in [-0.2, -0.15) is 0 Å². The Morgan fingerprint density at radius 1 is 1.43 bits per heavy atom. The van der Waals surface area contributed by atoms with Crippen LogP contribution in [0, 0.1) is 11.8 Å². The molecule has 0 saturated heterocycles. The average Bonchev–Trinajstić information content (AvgIpc) is 2.26. The Balaban J connectivity index is 2.39. The van der Waals surface area contributed by atoms with E-state index in [0.717, 1.165) is 12.8 Å². The molecule has 0 aromatic rings. The van der Waals surface area contributed by atoms with Crippen molar-refractivity contribution < 1.29 is 14.6 Å². The molecule has 0 spiro atoms. The molecule has 0 bridgehead atoms. The van der Waals surface area contributed by atoms with E-state index in [1.54, 1.807) is 0 Å². The van der Waals surface area contributed by atoms with Gasteiger partial charge in [-0.15, -0.1) is 0 Å². The molecule has 1 unspecified atom stereocenters. The van der Waals surface area contributed by atoms with Crippen molar-refractivity contribution in [1.82, 2.24) is 0 Å². The van der Waals surface area contributed by atoms with E-state index in [9.17, 15) is 9.90 Å². The first kappa shape index (κ1) is 11.5. The lowest BCUT2D eigenvalue weighted by atomic mass is 9.79. The van der Waals surface area contributed by atoms with Gasteiger partial charge in [0, 0.05) is 6.61 Å². The van der Waals surface area contributed by atoms with Gasteiger partial charge < -0.3 is 9.84 Å². The zero-order valence-corrected chi connectivity index (χ0v) is 8.87. The number of hydrogen-bond acceptors (Lipinski definition) is 3. The van der Waals surface area contributed by atoms with E-state index in [2.05, 4.69) is 4.74 Å². The van der Waals surface area contributed by atoms with Gasteiger partial charge >= 0.3 is 5.97 Å². The second kappa shape index (κ2) is 6.02. The molecule has 1 aliphatic rings. The number of ether oxygens (including phenoxy) is 1. The second-order valence-electron chi connectivity index (χ2n) is 4.12. The standard InChI is InChI=1S/C11H20O3/c1-14-11(13)7-10(8-12)9-5-3-2-4-6-9/h9-10,12H,2-8H2,1H3.